The summed E-state index contributed by atoms with van der Waals surface area (Å²) in [7, 11) is 0. The minimum Gasteiger partial charge on any atom is -0.481 e. The molecule has 108 valence electrons. The van der Waals surface area contributed by atoms with E-state index in [-0.39, 0.29) is 29.2 Å². The van der Waals surface area contributed by atoms with Crippen LogP contribution in [0.2, 0.25) is 0 Å². The van der Waals surface area contributed by atoms with E-state index in [1.807, 2.05) is 6.07 Å². The summed E-state index contributed by atoms with van der Waals surface area (Å²) >= 11 is 1.24. The number of nitrogens with one attached hydrogen (secondary N) is 1. The molecule has 0 saturated carbocycles. The number of carbonyl (C=O) groups is 2. The molecule has 1 atom stereocenters. The summed E-state index contributed by atoms with van der Waals surface area (Å²) in [6, 6.07) is 1.99. The van der Waals surface area contributed by atoms with E-state index >= 15 is 0 Å². The van der Waals surface area contributed by atoms with Gasteiger partial charge < -0.3 is 9.52 Å². The first-order chi connectivity index (χ1) is 9.35. The zero-order valence-corrected chi connectivity index (χ0v) is 12.3. The van der Waals surface area contributed by atoms with Crippen molar-refractivity contribution < 1.29 is 19.1 Å². The molecule has 0 spiro atoms. The molecule has 0 saturated heterocycles. The van der Waals surface area contributed by atoms with Crippen LogP contribution in [0.4, 0.5) is 5.88 Å². The lowest BCUT2D eigenvalue weighted by Gasteiger charge is -2.07. The highest BCUT2D eigenvalue weighted by molar-refractivity contribution is 8.00. The first-order valence-corrected chi connectivity index (χ1v) is 7.03. The molecule has 0 aliphatic carbocycles. The second-order valence-corrected chi connectivity index (χ2v) is 5.79. The highest BCUT2D eigenvalue weighted by Crippen LogP contribution is 2.25. The number of hydrogen-bond donors (Lipinski definition) is 2. The van der Waals surface area contributed by atoms with Crippen molar-refractivity contribution >= 4 is 29.5 Å². The minimum absolute atomic E-state index is 0.000358. The maximum atomic E-state index is 11.7. The van der Waals surface area contributed by atoms with Gasteiger partial charge in [-0.3, -0.25) is 14.9 Å². The molecule has 1 amide bonds. The van der Waals surface area contributed by atoms with E-state index in [0.29, 0.717) is 16.9 Å². The van der Waals surface area contributed by atoms with E-state index < -0.39 is 5.97 Å². The Morgan fingerprint density at radius 3 is 2.70 bits per heavy atom. The van der Waals surface area contributed by atoms with Gasteiger partial charge in [0.05, 0.1) is 12.2 Å². The van der Waals surface area contributed by atoms with E-state index in [2.05, 4.69) is 5.32 Å². The third kappa shape index (κ3) is 4.31. The molecule has 0 fully saturated rings. The molecule has 1 aromatic rings. The van der Waals surface area contributed by atoms with Crippen LogP contribution in [0.1, 0.15) is 30.2 Å². The van der Waals surface area contributed by atoms with E-state index in [1.54, 1.807) is 20.8 Å². The van der Waals surface area contributed by atoms with Gasteiger partial charge in [-0.2, -0.15) is 5.26 Å². The predicted molar refractivity (Wildman–Crippen MR) is 75.7 cm³/mol. The third-order valence-corrected chi connectivity index (χ3v) is 3.88. The Labute approximate surface area is 121 Å². The number of carboxylic acids is 1. The normalized spacial score (nSPS) is 11.7. The van der Waals surface area contributed by atoms with Crippen LogP contribution in [0.5, 0.6) is 0 Å². The van der Waals surface area contributed by atoms with Crippen molar-refractivity contribution in [2.45, 2.75) is 32.4 Å². The third-order valence-electron chi connectivity index (χ3n) is 2.71. The molecule has 0 aliphatic rings. The highest BCUT2D eigenvalue weighted by atomic mass is 32.2. The fourth-order valence-electron chi connectivity index (χ4n) is 1.54. The Bertz CT molecular complexity index is 559. The molecule has 6 nitrogen and oxygen atoms in total. The lowest BCUT2D eigenvalue weighted by atomic mass is 10.2. The number of carbonyl (C=O) groups excluding carboxylic acids is 1. The van der Waals surface area contributed by atoms with Crippen LogP contribution < -0.4 is 5.32 Å². The monoisotopic (exact) mass is 296 g/mol. The van der Waals surface area contributed by atoms with Gasteiger partial charge in [-0.25, -0.2) is 0 Å². The van der Waals surface area contributed by atoms with Gasteiger partial charge in [0.2, 0.25) is 11.8 Å². The fraction of sp³-hybridized carbons (Fsp3) is 0.462. The number of aliphatic carboxylic acids is 1. The summed E-state index contributed by atoms with van der Waals surface area (Å²) in [5.41, 5.74) is 1.02. The average Bonchev–Trinajstić information content (AvgIpc) is 2.61. The highest BCUT2D eigenvalue weighted by Gasteiger charge is 2.17. The van der Waals surface area contributed by atoms with Gasteiger partial charge in [-0.15, -0.1) is 11.8 Å². The molecule has 0 aliphatic heterocycles. The summed E-state index contributed by atoms with van der Waals surface area (Å²) in [4.78, 5) is 22.2. The number of nitrogens with zero attached hydrogens (tertiary/aromatic N) is 1. The second-order valence-electron chi connectivity index (χ2n) is 4.37. The van der Waals surface area contributed by atoms with Gasteiger partial charge in [-0.1, -0.05) is 6.92 Å². The summed E-state index contributed by atoms with van der Waals surface area (Å²) in [6.07, 6.45) is 0.000358. The Morgan fingerprint density at radius 2 is 2.15 bits per heavy atom. The van der Waals surface area contributed by atoms with Gasteiger partial charge in [0, 0.05) is 10.8 Å². The summed E-state index contributed by atoms with van der Waals surface area (Å²) < 4.78 is 5.32. The molecule has 2 N–H and O–H groups in total. The first-order valence-electron chi connectivity index (χ1n) is 5.98. The van der Waals surface area contributed by atoms with Crippen molar-refractivity contribution in [3.8, 4) is 6.07 Å². The largest absolute Gasteiger partial charge is 0.481 e. The predicted octanol–water partition coefficient (Wildman–Crippen LogP) is 2.30. The smallest absolute Gasteiger partial charge is 0.304 e. The molecular weight excluding hydrogens is 280 g/mol. The second kappa shape index (κ2) is 7.01. The van der Waals surface area contributed by atoms with Crippen molar-refractivity contribution in [2.75, 3.05) is 11.1 Å². The Balaban J connectivity index is 2.57. The van der Waals surface area contributed by atoms with E-state index in [4.69, 9.17) is 14.8 Å². The van der Waals surface area contributed by atoms with Crippen molar-refractivity contribution in [1.82, 2.24) is 0 Å². The van der Waals surface area contributed by atoms with Crippen LogP contribution in [-0.2, 0) is 9.59 Å². The molecule has 1 aromatic heterocycles. The number of hydrogen-bond acceptors (Lipinski definition) is 5. The molecule has 1 heterocycles. The van der Waals surface area contributed by atoms with Gasteiger partial charge >= 0.3 is 5.97 Å². The molecule has 1 rings (SSSR count). The number of nitriles is 1. The number of thioether (sulfide) groups is 1. The van der Waals surface area contributed by atoms with Crippen LogP contribution in [0.15, 0.2) is 4.42 Å². The number of anilines is 1. The van der Waals surface area contributed by atoms with Crippen molar-refractivity contribution in [1.29, 1.82) is 5.26 Å². The van der Waals surface area contributed by atoms with E-state index in [0.717, 1.165) is 0 Å². The Hall–Kier alpha value is -1.94. The van der Waals surface area contributed by atoms with Crippen LogP contribution in [-0.4, -0.2) is 28.0 Å². The van der Waals surface area contributed by atoms with Crippen molar-refractivity contribution in [2.24, 2.45) is 0 Å². The molecule has 0 aromatic carbocycles. The molecule has 20 heavy (non-hydrogen) atoms. The number of amides is 1. The summed E-state index contributed by atoms with van der Waals surface area (Å²) in [5, 5.41) is 20.0. The summed E-state index contributed by atoms with van der Waals surface area (Å²) in [6.45, 7) is 5.21. The van der Waals surface area contributed by atoms with Crippen LogP contribution in [0, 0.1) is 25.2 Å². The number of furan rings is 1. The number of rotatable bonds is 6. The topological polar surface area (TPSA) is 103 Å². The van der Waals surface area contributed by atoms with Gasteiger partial charge in [0.25, 0.3) is 0 Å². The Kier molecular flexibility index (Phi) is 5.65. The molecule has 0 radical (unpaired) electrons. The van der Waals surface area contributed by atoms with Crippen LogP contribution >= 0.6 is 11.8 Å². The fourth-order valence-corrected chi connectivity index (χ4v) is 2.30. The zero-order chi connectivity index (χ0) is 15.3. The minimum atomic E-state index is -0.894. The zero-order valence-electron chi connectivity index (χ0n) is 11.5. The van der Waals surface area contributed by atoms with Gasteiger partial charge in [0.15, 0.2) is 0 Å². The van der Waals surface area contributed by atoms with Crippen molar-refractivity contribution in [3.05, 3.63) is 16.9 Å². The molecule has 0 bridgehead atoms. The SMILES string of the molecule is Cc1oc(NC(=O)CSC(C)CC(=O)O)c(C#N)c1C. The van der Waals surface area contributed by atoms with Gasteiger partial charge in [-0.05, 0) is 13.8 Å². The van der Waals surface area contributed by atoms with Crippen molar-refractivity contribution in [3.63, 3.8) is 0 Å². The van der Waals surface area contributed by atoms with Crippen LogP contribution in [0.25, 0.3) is 0 Å². The van der Waals surface area contributed by atoms with Crippen LogP contribution in [0.3, 0.4) is 0 Å². The lowest BCUT2D eigenvalue weighted by molar-refractivity contribution is -0.136. The molecular formula is C13H16N2O4S. The maximum Gasteiger partial charge on any atom is 0.304 e. The number of aryl methyl sites for hydroxylation is 1. The lowest BCUT2D eigenvalue weighted by Crippen LogP contribution is -2.17. The van der Waals surface area contributed by atoms with E-state index in [9.17, 15) is 9.59 Å². The molecule has 7 heteroatoms. The van der Waals surface area contributed by atoms with Gasteiger partial charge in [0.1, 0.15) is 17.4 Å². The number of carboxylic acid groups (broad SMARTS) is 1. The maximum absolute atomic E-state index is 11.7. The first kappa shape index (κ1) is 16.1. The van der Waals surface area contributed by atoms with E-state index in [1.165, 1.54) is 11.8 Å². The summed E-state index contributed by atoms with van der Waals surface area (Å²) in [5.74, 6) is -0.368. The molecule has 1 unspecified atom stereocenters. The average molecular weight is 296 g/mol. The quantitative estimate of drug-likeness (QED) is 0.834. The standard InChI is InChI=1S/C13H16N2O4S/c1-7(4-12(17)18)20-6-11(16)15-13-10(5-14)8(2)9(3)19-13/h7H,4,6H2,1-3H3,(H,15,16)(H,17,18). The Morgan fingerprint density at radius 1 is 1.50 bits per heavy atom.